The quantitative estimate of drug-likeness (QED) is 0.0195. The first-order valence-electron chi connectivity index (χ1n) is 39.6. The minimum absolute atomic E-state index is 0.0168. The number of amides is 1. The first kappa shape index (κ1) is 87.4. The number of nitrogens with one attached hydrogen (secondary N) is 1. The Morgan fingerprint density at radius 3 is 1.17 bits per heavy atom. The van der Waals surface area contributed by atoms with Crippen molar-refractivity contribution in [2.45, 2.75) is 423 Å². The van der Waals surface area contributed by atoms with Gasteiger partial charge < -0.3 is 45.1 Å². The van der Waals surface area contributed by atoms with E-state index >= 15 is 0 Å². The van der Waals surface area contributed by atoms with Crippen molar-refractivity contribution in [2.75, 3.05) is 19.8 Å². The molecule has 1 amide bonds. The van der Waals surface area contributed by atoms with Gasteiger partial charge in [-0.25, -0.2) is 0 Å². The van der Waals surface area contributed by atoms with Crippen LogP contribution in [0.5, 0.6) is 0 Å². The molecule has 7 atom stereocenters. The van der Waals surface area contributed by atoms with Crippen molar-refractivity contribution in [3.8, 4) is 0 Å². The summed E-state index contributed by atoms with van der Waals surface area (Å²) in [5.41, 5.74) is 0. The van der Waals surface area contributed by atoms with Gasteiger partial charge in [0.05, 0.1) is 32.0 Å². The van der Waals surface area contributed by atoms with Gasteiger partial charge in [-0.3, -0.25) is 9.59 Å². The molecule has 1 fully saturated rings. The molecule has 538 valence electrons. The Hall–Kier alpha value is -2.64. The molecule has 6 N–H and O–H groups in total. The zero-order chi connectivity index (χ0) is 66.5. The SMILES string of the molecule is CCC/C=C/CC/C=C/CC/C=C/C(O)C(COC1OC(CO)C(O)C(O)C1O)NC(=O)CCCCCCCCCCCCCCCCCCC/C=C\C/C=C\CCCCCCCCCCCCCCCCCOC(=O)CCCCCCCCCCCCCCCC. The van der Waals surface area contributed by atoms with Crippen LogP contribution >= 0.6 is 0 Å². The molecular formula is C81H149NO10. The summed E-state index contributed by atoms with van der Waals surface area (Å²) in [6, 6.07) is -0.833. The lowest BCUT2D eigenvalue weighted by molar-refractivity contribution is -0.302. The van der Waals surface area contributed by atoms with E-state index in [4.69, 9.17) is 14.2 Å². The van der Waals surface area contributed by atoms with Crippen molar-refractivity contribution in [2.24, 2.45) is 0 Å². The zero-order valence-electron chi connectivity index (χ0n) is 60.0. The Labute approximate surface area is 567 Å². The van der Waals surface area contributed by atoms with Crippen LogP contribution in [-0.4, -0.2) is 100 Å². The minimum Gasteiger partial charge on any atom is -0.466 e. The van der Waals surface area contributed by atoms with Crippen LogP contribution in [0.3, 0.4) is 0 Å². The monoisotopic (exact) mass is 1300 g/mol. The third-order valence-electron chi connectivity index (χ3n) is 18.6. The Morgan fingerprint density at radius 2 is 0.761 bits per heavy atom. The second kappa shape index (κ2) is 69.7. The summed E-state index contributed by atoms with van der Waals surface area (Å²) >= 11 is 0. The van der Waals surface area contributed by atoms with E-state index in [-0.39, 0.29) is 18.5 Å². The average Bonchev–Trinajstić information content (AvgIpc) is 1.22. The second-order valence-electron chi connectivity index (χ2n) is 27.4. The summed E-state index contributed by atoms with van der Waals surface area (Å²) in [5.74, 6) is -0.177. The maximum absolute atomic E-state index is 13.0. The molecular weight excluding hydrogens is 1150 g/mol. The fourth-order valence-corrected chi connectivity index (χ4v) is 12.4. The number of hydrogen-bond acceptors (Lipinski definition) is 10. The number of aliphatic hydroxyl groups is 5. The molecule has 0 spiro atoms. The van der Waals surface area contributed by atoms with Crippen LogP contribution in [0.4, 0.5) is 0 Å². The van der Waals surface area contributed by atoms with Crippen molar-refractivity contribution in [1.29, 1.82) is 0 Å². The predicted molar refractivity (Wildman–Crippen MR) is 389 cm³/mol. The van der Waals surface area contributed by atoms with Gasteiger partial charge in [-0.2, -0.15) is 0 Å². The van der Waals surface area contributed by atoms with Crippen molar-refractivity contribution in [1.82, 2.24) is 5.32 Å². The number of rotatable bonds is 70. The highest BCUT2D eigenvalue weighted by Gasteiger charge is 2.44. The van der Waals surface area contributed by atoms with E-state index in [1.54, 1.807) is 6.08 Å². The summed E-state index contributed by atoms with van der Waals surface area (Å²) in [4.78, 5) is 25.1. The van der Waals surface area contributed by atoms with Crippen LogP contribution in [0.25, 0.3) is 0 Å². The molecule has 92 heavy (non-hydrogen) atoms. The number of esters is 1. The molecule has 1 aliphatic rings. The molecule has 0 aliphatic carbocycles. The highest BCUT2D eigenvalue weighted by molar-refractivity contribution is 5.76. The molecule has 0 radical (unpaired) electrons. The van der Waals surface area contributed by atoms with E-state index in [2.05, 4.69) is 67.8 Å². The van der Waals surface area contributed by atoms with Gasteiger partial charge in [0.15, 0.2) is 6.29 Å². The summed E-state index contributed by atoms with van der Waals surface area (Å²) in [6.07, 6.45) is 84.1. The van der Waals surface area contributed by atoms with Gasteiger partial charge in [0.1, 0.15) is 24.4 Å². The minimum atomic E-state index is -1.58. The Morgan fingerprint density at radius 1 is 0.402 bits per heavy atom. The smallest absolute Gasteiger partial charge is 0.305 e. The van der Waals surface area contributed by atoms with Crippen LogP contribution < -0.4 is 5.32 Å². The number of hydrogen-bond donors (Lipinski definition) is 6. The molecule has 11 heteroatoms. The maximum atomic E-state index is 13.0. The molecule has 11 nitrogen and oxygen atoms in total. The summed E-state index contributed by atoms with van der Waals surface area (Å²) < 4.78 is 16.7. The molecule has 0 aromatic rings. The fraction of sp³-hybridized carbons (Fsp3) is 0.852. The highest BCUT2D eigenvalue weighted by atomic mass is 16.7. The van der Waals surface area contributed by atoms with Gasteiger partial charge in [-0.05, 0) is 83.5 Å². The molecule has 1 heterocycles. The van der Waals surface area contributed by atoms with E-state index in [0.29, 0.717) is 19.4 Å². The third-order valence-corrected chi connectivity index (χ3v) is 18.6. The summed E-state index contributed by atoms with van der Waals surface area (Å²) in [6.45, 7) is 4.29. The molecule has 0 bridgehead atoms. The first-order valence-corrected chi connectivity index (χ1v) is 39.6. The van der Waals surface area contributed by atoms with Gasteiger partial charge in [0.25, 0.3) is 0 Å². The normalized spacial score (nSPS) is 17.8. The molecule has 1 aliphatic heterocycles. The van der Waals surface area contributed by atoms with Crippen LogP contribution in [0.15, 0.2) is 60.8 Å². The number of unbranched alkanes of at least 4 members (excludes halogenated alkanes) is 48. The molecule has 0 aromatic carbocycles. The molecule has 7 unspecified atom stereocenters. The Kier molecular flexibility index (Phi) is 66.2. The van der Waals surface area contributed by atoms with Gasteiger partial charge in [0, 0.05) is 12.8 Å². The standard InChI is InChI=1S/C81H149NO10/c1-3-5-7-9-11-13-15-16-45-49-53-57-61-65-69-77(86)90-70-66-62-58-54-50-46-43-41-39-37-35-33-31-29-27-25-23-21-19-17-18-20-22-24-26-28-30-32-34-36-38-40-42-44-48-52-56-60-64-68-76(85)82-73(72-91-81-80(89)79(88)78(87)75(71-83)92-81)74(84)67-63-59-55-51-47-14-12-10-8-6-4-2/h8,10,17-18,21,23,47,51,63,67,73-75,78-81,83-84,87-89H,3-7,9,11-16,19-20,22,24-46,48-50,52-62,64-66,68-72H2,1-2H3,(H,82,85)/b10-8+,18-17-,23-21-,51-47+,67-63+. The van der Waals surface area contributed by atoms with Crippen LogP contribution in [0, 0.1) is 0 Å². The highest BCUT2D eigenvalue weighted by Crippen LogP contribution is 2.24. The Bertz CT molecular complexity index is 1710. The first-order chi connectivity index (χ1) is 45.2. The lowest BCUT2D eigenvalue weighted by atomic mass is 9.99. The van der Waals surface area contributed by atoms with E-state index in [1.165, 1.54) is 276 Å². The topological polar surface area (TPSA) is 175 Å². The molecule has 1 saturated heterocycles. The summed E-state index contributed by atoms with van der Waals surface area (Å²) in [7, 11) is 0. The van der Waals surface area contributed by atoms with Crippen molar-refractivity contribution in [3.63, 3.8) is 0 Å². The second-order valence-corrected chi connectivity index (χ2v) is 27.4. The number of carbonyl (C=O) groups is 2. The number of ether oxygens (including phenoxy) is 3. The van der Waals surface area contributed by atoms with Crippen LogP contribution in [0.2, 0.25) is 0 Å². The van der Waals surface area contributed by atoms with Crippen molar-refractivity contribution < 1.29 is 49.3 Å². The van der Waals surface area contributed by atoms with Gasteiger partial charge in [-0.1, -0.05) is 344 Å². The van der Waals surface area contributed by atoms with Crippen LogP contribution in [-0.2, 0) is 23.8 Å². The van der Waals surface area contributed by atoms with Crippen molar-refractivity contribution in [3.05, 3.63) is 60.8 Å². The van der Waals surface area contributed by atoms with E-state index in [9.17, 15) is 35.1 Å². The number of carbonyl (C=O) groups excluding carboxylic acids is 2. The predicted octanol–water partition coefficient (Wildman–Crippen LogP) is 21.2. The number of aliphatic hydroxyl groups excluding tert-OH is 5. The fourth-order valence-electron chi connectivity index (χ4n) is 12.4. The average molecular weight is 1300 g/mol. The van der Waals surface area contributed by atoms with Gasteiger partial charge in [0.2, 0.25) is 5.91 Å². The zero-order valence-corrected chi connectivity index (χ0v) is 60.0. The van der Waals surface area contributed by atoms with Gasteiger partial charge >= 0.3 is 5.97 Å². The molecule has 0 saturated carbocycles. The maximum Gasteiger partial charge on any atom is 0.305 e. The van der Waals surface area contributed by atoms with E-state index in [1.807, 2.05) is 6.08 Å². The lowest BCUT2D eigenvalue weighted by Gasteiger charge is -2.40. The van der Waals surface area contributed by atoms with Gasteiger partial charge in [-0.15, -0.1) is 0 Å². The van der Waals surface area contributed by atoms with Crippen LogP contribution in [0.1, 0.15) is 380 Å². The van der Waals surface area contributed by atoms with Crippen molar-refractivity contribution >= 4 is 11.9 Å². The van der Waals surface area contributed by atoms with E-state index in [0.717, 1.165) is 77.0 Å². The molecule has 0 aromatic heterocycles. The lowest BCUT2D eigenvalue weighted by Crippen LogP contribution is -2.60. The largest absolute Gasteiger partial charge is 0.466 e. The third kappa shape index (κ3) is 57.6. The summed E-state index contributed by atoms with van der Waals surface area (Å²) in [5, 5.41) is 54.4. The van der Waals surface area contributed by atoms with E-state index < -0.39 is 49.5 Å². The number of allylic oxidation sites excluding steroid dienone is 9. The molecule has 1 rings (SSSR count). The Balaban J connectivity index is 1.89.